The third-order valence-corrected chi connectivity index (χ3v) is 3.38. The van der Waals surface area contributed by atoms with E-state index in [4.69, 9.17) is 17.0 Å². The fourth-order valence-electron chi connectivity index (χ4n) is 1.36. The lowest BCUT2D eigenvalue weighted by Gasteiger charge is -2.14. The molecule has 82 valence electrons. The van der Waals surface area contributed by atoms with Crippen LogP contribution in [0.1, 0.15) is 0 Å². The molecule has 1 aromatic carbocycles. The van der Waals surface area contributed by atoms with Gasteiger partial charge in [-0.05, 0) is 24.3 Å². The van der Waals surface area contributed by atoms with Crippen LogP contribution in [0.5, 0.6) is 5.75 Å². The Hall–Kier alpha value is -1.33. The second-order valence-corrected chi connectivity index (χ2v) is 4.86. The minimum absolute atomic E-state index is 0.153. The van der Waals surface area contributed by atoms with Crippen LogP contribution in [0.15, 0.2) is 35.7 Å². The number of carbonyl (C=O) groups is 1. The maximum atomic E-state index is 11.8. The van der Waals surface area contributed by atoms with Crippen molar-refractivity contribution in [1.29, 1.82) is 0 Å². The number of thioether (sulfide) groups is 1. The van der Waals surface area contributed by atoms with Gasteiger partial charge in [-0.3, -0.25) is 9.69 Å². The van der Waals surface area contributed by atoms with E-state index in [0.29, 0.717) is 9.23 Å². The first kappa shape index (κ1) is 11.2. The molecule has 0 bridgehead atoms. The topological polar surface area (TPSA) is 29.5 Å². The molecule has 1 heterocycles. The highest BCUT2D eigenvalue weighted by Gasteiger charge is 2.31. The molecule has 0 N–H and O–H groups in total. The Kier molecular flexibility index (Phi) is 2.98. The minimum atomic E-state index is -0.153. The third-order valence-electron chi connectivity index (χ3n) is 2.17. The van der Waals surface area contributed by atoms with Crippen LogP contribution < -0.4 is 9.64 Å². The Morgan fingerprint density at radius 3 is 2.44 bits per heavy atom. The standard InChI is InChI=1S/C11H9NO2S2/c1-7-10(13)12(11(15)16-7)8-3-5-9(14-2)6-4-8/h3-6H,1H2,2H3. The highest BCUT2D eigenvalue weighted by Crippen LogP contribution is 2.34. The first-order valence-corrected chi connectivity index (χ1v) is 5.75. The summed E-state index contributed by atoms with van der Waals surface area (Å²) in [6.45, 7) is 3.65. The molecule has 0 aromatic heterocycles. The number of hydrogen-bond acceptors (Lipinski definition) is 4. The van der Waals surface area contributed by atoms with Gasteiger partial charge in [0.15, 0.2) is 4.32 Å². The zero-order valence-corrected chi connectivity index (χ0v) is 10.2. The third kappa shape index (κ3) is 1.83. The molecule has 0 saturated carbocycles. The van der Waals surface area contributed by atoms with Crippen LogP contribution in [0.4, 0.5) is 5.69 Å². The number of hydrogen-bond donors (Lipinski definition) is 0. The smallest absolute Gasteiger partial charge is 0.270 e. The van der Waals surface area contributed by atoms with Crippen molar-refractivity contribution in [3.8, 4) is 5.75 Å². The molecule has 1 fully saturated rings. The van der Waals surface area contributed by atoms with Crippen molar-refractivity contribution in [1.82, 2.24) is 0 Å². The van der Waals surface area contributed by atoms with Crippen molar-refractivity contribution in [2.75, 3.05) is 12.0 Å². The zero-order valence-electron chi connectivity index (χ0n) is 8.60. The fraction of sp³-hybridized carbons (Fsp3) is 0.0909. The van der Waals surface area contributed by atoms with Gasteiger partial charge in [0.05, 0.1) is 17.7 Å². The molecule has 0 atom stereocenters. The molecule has 1 aliphatic heterocycles. The summed E-state index contributed by atoms with van der Waals surface area (Å²) in [4.78, 5) is 13.7. The molecule has 16 heavy (non-hydrogen) atoms. The van der Waals surface area contributed by atoms with E-state index in [1.165, 1.54) is 16.7 Å². The second kappa shape index (κ2) is 4.27. The van der Waals surface area contributed by atoms with Gasteiger partial charge in [-0.2, -0.15) is 0 Å². The molecule has 0 unspecified atom stereocenters. The molecule has 1 aliphatic rings. The van der Waals surface area contributed by atoms with Crippen LogP contribution in [-0.4, -0.2) is 17.3 Å². The Bertz CT molecular complexity index is 467. The van der Waals surface area contributed by atoms with E-state index in [2.05, 4.69) is 6.58 Å². The molecule has 3 nitrogen and oxygen atoms in total. The van der Waals surface area contributed by atoms with Gasteiger partial charge >= 0.3 is 0 Å². The largest absolute Gasteiger partial charge is 0.497 e. The van der Waals surface area contributed by atoms with Crippen molar-refractivity contribution in [3.05, 3.63) is 35.7 Å². The van der Waals surface area contributed by atoms with Gasteiger partial charge in [-0.25, -0.2) is 0 Å². The maximum Gasteiger partial charge on any atom is 0.270 e. The van der Waals surface area contributed by atoms with E-state index in [1.54, 1.807) is 31.4 Å². The monoisotopic (exact) mass is 251 g/mol. The first-order chi connectivity index (χ1) is 7.63. The molecule has 5 heteroatoms. The number of carbonyl (C=O) groups excluding carboxylic acids is 1. The average Bonchev–Trinajstić information content (AvgIpc) is 2.54. The lowest BCUT2D eigenvalue weighted by atomic mass is 10.3. The number of rotatable bonds is 2. The number of amides is 1. The van der Waals surface area contributed by atoms with Gasteiger partial charge in [-0.15, -0.1) is 0 Å². The van der Waals surface area contributed by atoms with Gasteiger partial charge in [-0.1, -0.05) is 30.6 Å². The van der Waals surface area contributed by atoms with Crippen LogP contribution in [-0.2, 0) is 4.79 Å². The van der Waals surface area contributed by atoms with Crippen LogP contribution in [0.2, 0.25) is 0 Å². The van der Waals surface area contributed by atoms with Crippen molar-refractivity contribution in [2.45, 2.75) is 0 Å². The summed E-state index contributed by atoms with van der Waals surface area (Å²) in [5.74, 6) is 0.591. The van der Waals surface area contributed by atoms with E-state index >= 15 is 0 Å². The van der Waals surface area contributed by atoms with Crippen LogP contribution in [0.3, 0.4) is 0 Å². The van der Waals surface area contributed by atoms with E-state index in [-0.39, 0.29) is 5.91 Å². The van der Waals surface area contributed by atoms with E-state index < -0.39 is 0 Å². The molecule has 2 rings (SSSR count). The SMILES string of the molecule is C=C1SC(=S)N(c2ccc(OC)cc2)C1=O. The van der Waals surface area contributed by atoms with E-state index in [9.17, 15) is 4.79 Å². The number of methoxy groups -OCH3 is 1. The summed E-state index contributed by atoms with van der Waals surface area (Å²) in [7, 11) is 1.60. The molecular weight excluding hydrogens is 242 g/mol. The highest BCUT2D eigenvalue weighted by atomic mass is 32.2. The summed E-state index contributed by atoms with van der Waals surface area (Å²) in [6.07, 6.45) is 0. The molecule has 0 spiro atoms. The minimum Gasteiger partial charge on any atom is -0.497 e. The average molecular weight is 251 g/mol. The van der Waals surface area contributed by atoms with Crippen molar-refractivity contribution in [2.24, 2.45) is 0 Å². The zero-order chi connectivity index (χ0) is 11.7. The lowest BCUT2D eigenvalue weighted by Crippen LogP contribution is -2.27. The van der Waals surface area contributed by atoms with Gasteiger partial charge in [0.1, 0.15) is 5.75 Å². The molecule has 1 aromatic rings. The van der Waals surface area contributed by atoms with E-state index in [0.717, 1.165) is 11.4 Å². The summed E-state index contributed by atoms with van der Waals surface area (Å²) < 4.78 is 5.56. The summed E-state index contributed by atoms with van der Waals surface area (Å²) >= 11 is 6.34. The fourth-order valence-corrected chi connectivity index (χ4v) is 2.52. The quantitative estimate of drug-likeness (QED) is 0.597. The van der Waals surface area contributed by atoms with Gasteiger partial charge in [0.25, 0.3) is 5.91 Å². The van der Waals surface area contributed by atoms with Crippen LogP contribution >= 0.6 is 24.0 Å². The van der Waals surface area contributed by atoms with Crippen LogP contribution in [0, 0.1) is 0 Å². The van der Waals surface area contributed by atoms with Crippen molar-refractivity contribution < 1.29 is 9.53 Å². The summed E-state index contributed by atoms with van der Waals surface area (Å²) in [5, 5.41) is 0. The first-order valence-electron chi connectivity index (χ1n) is 4.52. The Morgan fingerprint density at radius 1 is 1.38 bits per heavy atom. The van der Waals surface area contributed by atoms with E-state index in [1.807, 2.05) is 0 Å². The predicted octanol–water partition coefficient (Wildman–Crippen LogP) is 2.57. The molecule has 1 saturated heterocycles. The molecule has 0 aliphatic carbocycles. The number of thiocarbonyl (C=S) groups is 1. The normalized spacial score (nSPS) is 15.8. The van der Waals surface area contributed by atoms with Gasteiger partial charge in [0.2, 0.25) is 0 Å². The highest BCUT2D eigenvalue weighted by molar-refractivity contribution is 8.27. The second-order valence-electron chi connectivity index (χ2n) is 3.13. The lowest BCUT2D eigenvalue weighted by molar-refractivity contribution is -0.113. The van der Waals surface area contributed by atoms with Crippen molar-refractivity contribution >= 4 is 39.9 Å². The summed E-state index contributed by atoms with van der Waals surface area (Å²) in [6, 6.07) is 7.17. The number of benzene rings is 1. The molecule has 1 amide bonds. The van der Waals surface area contributed by atoms with Gasteiger partial charge < -0.3 is 4.74 Å². The predicted molar refractivity (Wildman–Crippen MR) is 69.8 cm³/mol. The maximum absolute atomic E-state index is 11.8. The number of ether oxygens (including phenoxy) is 1. The molecular formula is C11H9NO2S2. The van der Waals surface area contributed by atoms with Gasteiger partial charge in [0, 0.05) is 0 Å². The van der Waals surface area contributed by atoms with Crippen molar-refractivity contribution in [3.63, 3.8) is 0 Å². The number of nitrogens with zero attached hydrogens (tertiary/aromatic N) is 1. The Morgan fingerprint density at radius 2 is 2.00 bits per heavy atom. The Labute approximate surface area is 103 Å². The molecule has 0 radical (unpaired) electrons. The van der Waals surface area contributed by atoms with Crippen LogP contribution in [0.25, 0.3) is 0 Å². The Balaban J connectivity index is 2.33. The summed E-state index contributed by atoms with van der Waals surface area (Å²) in [5.41, 5.74) is 0.738. The number of anilines is 1.